The number of aryl methyl sites for hydroxylation is 1. The minimum absolute atomic E-state index is 0.109. The van der Waals surface area contributed by atoms with Crippen LogP contribution in [0.25, 0.3) is 0 Å². The molecule has 1 aromatic heterocycles. The lowest BCUT2D eigenvalue weighted by atomic mass is 10.0. The van der Waals surface area contributed by atoms with Gasteiger partial charge in [-0.15, -0.1) is 0 Å². The van der Waals surface area contributed by atoms with Crippen molar-refractivity contribution in [3.05, 3.63) is 53.6 Å². The van der Waals surface area contributed by atoms with E-state index >= 15 is 0 Å². The first-order chi connectivity index (χ1) is 12.0. The average Bonchev–Trinajstić information content (AvgIpc) is 3.02. The Morgan fingerprint density at radius 3 is 2.92 bits per heavy atom. The molecule has 1 saturated heterocycles. The highest BCUT2D eigenvalue weighted by Gasteiger charge is 2.30. The number of ether oxygens (including phenoxy) is 1. The SMILES string of the molecule is CCn1ccnc1CN1CCOC(Cc2cccc(C(F)(F)F)c2)C1. The third-order valence-corrected chi connectivity index (χ3v) is 4.45. The van der Waals surface area contributed by atoms with Crippen molar-refractivity contribution in [2.75, 3.05) is 19.7 Å². The molecule has 136 valence electrons. The number of imidazole rings is 1. The van der Waals surface area contributed by atoms with Gasteiger partial charge in [-0.2, -0.15) is 13.2 Å². The molecule has 0 aliphatic carbocycles. The fourth-order valence-corrected chi connectivity index (χ4v) is 3.16. The van der Waals surface area contributed by atoms with Crippen molar-refractivity contribution in [3.8, 4) is 0 Å². The maximum atomic E-state index is 12.8. The Morgan fingerprint density at radius 2 is 2.16 bits per heavy atom. The second-order valence-electron chi connectivity index (χ2n) is 6.26. The molecule has 1 aliphatic heterocycles. The van der Waals surface area contributed by atoms with Crippen LogP contribution in [0.1, 0.15) is 23.9 Å². The summed E-state index contributed by atoms with van der Waals surface area (Å²) in [6.07, 6.45) is -0.202. The van der Waals surface area contributed by atoms with Gasteiger partial charge in [-0.05, 0) is 25.0 Å². The summed E-state index contributed by atoms with van der Waals surface area (Å²) >= 11 is 0. The number of hydrogen-bond donors (Lipinski definition) is 0. The topological polar surface area (TPSA) is 30.3 Å². The van der Waals surface area contributed by atoms with E-state index in [2.05, 4.69) is 21.4 Å². The van der Waals surface area contributed by atoms with E-state index in [0.29, 0.717) is 25.1 Å². The van der Waals surface area contributed by atoms with Crippen LogP contribution in [0.5, 0.6) is 0 Å². The lowest BCUT2D eigenvalue weighted by Crippen LogP contribution is -2.43. The summed E-state index contributed by atoms with van der Waals surface area (Å²) in [7, 11) is 0. The van der Waals surface area contributed by atoms with Crippen LogP contribution in [-0.4, -0.2) is 40.3 Å². The van der Waals surface area contributed by atoms with Crippen LogP contribution in [0.15, 0.2) is 36.7 Å². The number of nitrogens with zero attached hydrogens (tertiary/aromatic N) is 3. The summed E-state index contributed by atoms with van der Waals surface area (Å²) in [6, 6.07) is 5.49. The summed E-state index contributed by atoms with van der Waals surface area (Å²) < 4.78 is 46.4. The Morgan fingerprint density at radius 1 is 1.32 bits per heavy atom. The van der Waals surface area contributed by atoms with Gasteiger partial charge in [-0.3, -0.25) is 4.90 Å². The van der Waals surface area contributed by atoms with Crippen molar-refractivity contribution >= 4 is 0 Å². The molecule has 3 rings (SSSR count). The van der Waals surface area contributed by atoms with Gasteiger partial charge in [0.25, 0.3) is 0 Å². The third-order valence-electron chi connectivity index (χ3n) is 4.45. The molecule has 25 heavy (non-hydrogen) atoms. The quantitative estimate of drug-likeness (QED) is 0.826. The molecule has 1 unspecified atom stereocenters. The molecule has 1 atom stereocenters. The molecule has 4 nitrogen and oxygen atoms in total. The number of alkyl halides is 3. The molecule has 0 radical (unpaired) electrons. The van der Waals surface area contributed by atoms with Crippen molar-refractivity contribution in [3.63, 3.8) is 0 Å². The molecule has 0 amide bonds. The lowest BCUT2D eigenvalue weighted by Gasteiger charge is -2.33. The second kappa shape index (κ2) is 7.58. The monoisotopic (exact) mass is 353 g/mol. The van der Waals surface area contributed by atoms with Crippen LogP contribution in [0.2, 0.25) is 0 Å². The zero-order valence-corrected chi connectivity index (χ0v) is 14.2. The first-order valence-electron chi connectivity index (χ1n) is 8.46. The van der Waals surface area contributed by atoms with Crippen molar-refractivity contribution in [1.29, 1.82) is 0 Å². The summed E-state index contributed by atoms with van der Waals surface area (Å²) in [6.45, 7) is 5.73. The van der Waals surface area contributed by atoms with Gasteiger partial charge in [-0.25, -0.2) is 4.98 Å². The number of hydrogen-bond acceptors (Lipinski definition) is 3. The van der Waals surface area contributed by atoms with E-state index in [1.807, 2.05) is 6.20 Å². The molecule has 2 heterocycles. The Labute approximate surface area is 145 Å². The summed E-state index contributed by atoms with van der Waals surface area (Å²) in [5, 5.41) is 0. The molecule has 1 aliphatic rings. The molecule has 0 bridgehead atoms. The second-order valence-corrected chi connectivity index (χ2v) is 6.26. The van der Waals surface area contributed by atoms with Gasteiger partial charge >= 0.3 is 6.18 Å². The first kappa shape index (κ1) is 17.9. The highest BCUT2D eigenvalue weighted by Crippen LogP contribution is 2.30. The fraction of sp³-hybridized carbons (Fsp3) is 0.500. The normalized spacial score (nSPS) is 19.3. The number of halogens is 3. The minimum Gasteiger partial charge on any atom is -0.375 e. The van der Waals surface area contributed by atoms with Crippen LogP contribution in [0.3, 0.4) is 0 Å². The van der Waals surface area contributed by atoms with Gasteiger partial charge in [-0.1, -0.05) is 18.2 Å². The van der Waals surface area contributed by atoms with Crippen LogP contribution < -0.4 is 0 Å². The highest BCUT2D eigenvalue weighted by atomic mass is 19.4. The van der Waals surface area contributed by atoms with E-state index < -0.39 is 11.7 Å². The van der Waals surface area contributed by atoms with Crippen LogP contribution in [0.4, 0.5) is 13.2 Å². The van der Waals surface area contributed by atoms with Crippen molar-refractivity contribution in [1.82, 2.24) is 14.5 Å². The third kappa shape index (κ3) is 4.61. The minimum atomic E-state index is -4.31. The van der Waals surface area contributed by atoms with Gasteiger partial charge in [0.05, 0.1) is 24.8 Å². The average molecular weight is 353 g/mol. The molecule has 7 heteroatoms. The lowest BCUT2D eigenvalue weighted by molar-refractivity contribution is -0.137. The Bertz CT molecular complexity index is 699. The first-order valence-corrected chi connectivity index (χ1v) is 8.46. The Kier molecular flexibility index (Phi) is 5.44. The standard InChI is InChI=1S/C18H22F3N3O/c1-2-24-7-6-22-17(24)13-23-8-9-25-16(12-23)11-14-4-3-5-15(10-14)18(19,20)21/h3-7,10,16H,2,8-9,11-13H2,1H3. The molecule has 2 aromatic rings. The number of rotatable bonds is 5. The van der Waals surface area contributed by atoms with Gasteiger partial charge in [0.2, 0.25) is 0 Å². The maximum absolute atomic E-state index is 12.8. The molecule has 0 N–H and O–H groups in total. The molecule has 1 aromatic carbocycles. The van der Waals surface area contributed by atoms with Crippen LogP contribution in [-0.2, 0) is 30.4 Å². The van der Waals surface area contributed by atoms with Gasteiger partial charge in [0, 0.05) is 32.0 Å². The predicted molar refractivity (Wildman–Crippen MR) is 88.1 cm³/mol. The zero-order chi connectivity index (χ0) is 17.9. The largest absolute Gasteiger partial charge is 0.416 e. The van der Waals surface area contributed by atoms with E-state index in [1.165, 1.54) is 12.1 Å². The Hall–Kier alpha value is -1.86. The molecule has 0 spiro atoms. The van der Waals surface area contributed by atoms with Gasteiger partial charge in [0.15, 0.2) is 0 Å². The number of benzene rings is 1. The Balaban J connectivity index is 1.62. The maximum Gasteiger partial charge on any atom is 0.416 e. The molecular formula is C18H22F3N3O. The predicted octanol–water partition coefficient (Wildman–Crippen LogP) is 3.37. The number of aromatic nitrogens is 2. The summed E-state index contributed by atoms with van der Waals surface area (Å²) in [5.74, 6) is 1.00. The zero-order valence-electron chi connectivity index (χ0n) is 14.2. The summed E-state index contributed by atoms with van der Waals surface area (Å²) in [4.78, 5) is 6.63. The van der Waals surface area contributed by atoms with E-state index in [1.54, 1.807) is 12.3 Å². The van der Waals surface area contributed by atoms with E-state index in [4.69, 9.17) is 4.74 Å². The smallest absolute Gasteiger partial charge is 0.375 e. The molecule has 1 fully saturated rings. The van der Waals surface area contributed by atoms with Crippen molar-refractivity contribution < 1.29 is 17.9 Å². The van der Waals surface area contributed by atoms with Crippen molar-refractivity contribution in [2.45, 2.75) is 38.7 Å². The number of morpholine rings is 1. The summed E-state index contributed by atoms with van der Waals surface area (Å²) in [5.41, 5.74) is 0.0411. The van der Waals surface area contributed by atoms with Crippen LogP contribution in [0, 0.1) is 0 Å². The van der Waals surface area contributed by atoms with Crippen molar-refractivity contribution in [2.24, 2.45) is 0 Å². The fourth-order valence-electron chi connectivity index (χ4n) is 3.16. The van der Waals surface area contributed by atoms with E-state index in [-0.39, 0.29) is 6.10 Å². The van der Waals surface area contributed by atoms with Gasteiger partial charge < -0.3 is 9.30 Å². The molecule has 0 saturated carbocycles. The van der Waals surface area contributed by atoms with Gasteiger partial charge in [0.1, 0.15) is 5.82 Å². The highest BCUT2D eigenvalue weighted by molar-refractivity contribution is 5.26. The molecular weight excluding hydrogens is 331 g/mol. The van der Waals surface area contributed by atoms with E-state index in [9.17, 15) is 13.2 Å². The van der Waals surface area contributed by atoms with E-state index in [0.717, 1.165) is 31.5 Å². The van der Waals surface area contributed by atoms with Crippen LogP contribution >= 0.6 is 0 Å².